The van der Waals surface area contributed by atoms with Gasteiger partial charge in [0, 0.05) is 6.54 Å². The summed E-state index contributed by atoms with van der Waals surface area (Å²) in [6, 6.07) is 6.95. The van der Waals surface area contributed by atoms with Crippen molar-refractivity contribution in [2.24, 2.45) is 17.6 Å². The fraction of sp³-hybridized carbons (Fsp3) is 0.600. The van der Waals surface area contributed by atoms with Gasteiger partial charge in [0.25, 0.3) is 0 Å². The summed E-state index contributed by atoms with van der Waals surface area (Å²) in [7, 11) is -1.45. The van der Waals surface area contributed by atoms with Crippen LogP contribution in [0.15, 0.2) is 29.2 Å². The predicted molar refractivity (Wildman–Crippen MR) is 87.4 cm³/mol. The van der Waals surface area contributed by atoms with E-state index in [9.17, 15) is 8.42 Å². The van der Waals surface area contributed by atoms with Gasteiger partial charge >= 0.3 is 0 Å². The van der Waals surface area contributed by atoms with Gasteiger partial charge in [-0.25, -0.2) is 13.1 Å². The number of rotatable bonds is 6. The first-order valence-electron chi connectivity index (χ1n) is 7.64. The maximum Gasteiger partial charge on any atom is 0.240 e. The molecule has 0 saturated heterocycles. The molecule has 0 bridgehead atoms. The van der Waals surface area contributed by atoms with Crippen LogP contribution in [0.1, 0.15) is 25.7 Å². The molecule has 4 nitrogen and oxygen atoms in total. The van der Waals surface area contributed by atoms with Crippen LogP contribution in [0.2, 0.25) is 6.82 Å². The molecule has 21 heavy (non-hydrogen) atoms. The number of hydrogen-bond donors (Lipinski definition) is 2. The molecule has 6 heteroatoms. The Kier molecular flexibility index (Phi) is 5.84. The average molecular weight is 307 g/mol. The first-order chi connectivity index (χ1) is 10.0. The highest BCUT2D eigenvalue weighted by molar-refractivity contribution is 7.89. The number of nitrogens with one attached hydrogen (secondary N) is 1. The molecule has 0 atom stereocenters. The molecule has 1 aliphatic carbocycles. The molecule has 1 fully saturated rings. The Bertz CT molecular complexity index is 537. The van der Waals surface area contributed by atoms with Gasteiger partial charge in [0.1, 0.15) is 7.28 Å². The van der Waals surface area contributed by atoms with Gasteiger partial charge in [-0.05, 0) is 56.2 Å². The van der Waals surface area contributed by atoms with E-state index in [0.29, 0.717) is 23.3 Å². The van der Waals surface area contributed by atoms with Crippen molar-refractivity contribution in [3.05, 3.63) is 24.3 Å². The number of sulfonamides is 1. The summed E-state index contributed by atoms with van der Waals surface area (Å²) in [6.07, 6.45) is 4.36. The van der Waals surface area contributed by atoms with E-state index in [0.717, 1.165) is 37.7 Å². The van der Waals surface area contributed by atoms with Crippen molar-refractivity contribution in [1.29, 1.82) is 0 Å². The van der Waals surface area contributed by atoms with E-state index in [2.05, 4.69) is 4.72 Å². The summed E-state index contributed by atoms with van der Waals surface area (Å²) in [5.41, 5.74) is 6.70. The van der Waals surface area contributed by atoms with Crippen LogP contribution in [0.25, 0.3) is 0 Å². The molecule has 0 spiro atoms. The Morgan fingerprint density at radius 2 is 1.71 bits per heavy atom. The van der Waals surface area contributed by atoms with Crippen LogP contribution in [0, 0.1) is 11.8 Å². The van der Waals surface area contributed by atoms with E-state index >= 15 is 0 Å². The second-order valence-electron chi connectivity index (χ2n) is 5.83. The third-order valence-electron chi connectivity index (χ3n) is 4.39. The Morgan fingerprint density at radius 3 is 2.24 bits per heavy atom. The first kappa shape index (κ1) is 16.5. The SMILES string of the molecule is C[B]c1ccc(S(=O)(=O)NCC2CCC(CN)CC2)cc1. The van der Waals surface area contributed by atoms with E-state index < -0.39 is 10.0 Å². The second-order valence-corrected chi connectivity index (χ2v) is 7.60. The maximum absolute atomic E-state index is 12.3. The van der Waals surface area contributed by atoms with Gasteiger partial charge in [0.05, 0.1) is 4.90 Å². The normalized spacial score (nSPS) is 23.0. The Labute approximate surface area is 128 Å². The van der Waals surface area contributed by atoms with Gasteiger partial charge in [0.15, 0.2) is 0 Å². The minimum atomic E-state index is -3.39. The quantitative estimate of drug-likeness (QED) is 0.773. The molecule has 0 heterocycles. The molecular formula is C15H24BN2O2S. The average Bonchev–Trinajstić information content (AvgIpc) is 2.53. The van der Waals surface area contributed by atoms with E-state index in [1.165, 1.54) is 0 Å². The van der Waals surface area contributed by atoms with Gasteiger partial charge in [-0.1, -0.05) is 24.4 Å². The summed E-state index contributed by atoms with van der Waals surface area (Å²) in [5, 5.41) is 0. The molecule has 2 rings (SSSR count). The molecule has 1 saturated carbocycles. The zero-order valence-electron chi connectivity index (χ0n) is 12.6. The zero-order chi connectivity index (χ0) is 15.3. The van der Waals surface area contributed by atoms with Crippen molar-refractivity contribution >= 4 is 22.8 Å². The standard InChI is InChI=1S/C15H24BN2O2S/c1-16-14-6-8-15(9-7-14)21(19,20)18-11-13-4-2-12(10-17)3-5-13/h6-9,12-13,18H,2-5,10-11,17H2,1H3. The van der Waals surface area contributed by atoms with Gasteiger partial charge in [0.2, 0.25) is 10.0 Å². The minimum absolute atomic E-state index is 0.337. The smallest absolute Gasteiger partial charge is 0.240 e. The molecule has 1 aromatic carbocycles. The van der Waals surface area contributed by atoms with Crippen molar-refractivity contribution in [2.45, 2.75) is 37.4 Å². The van der Waals surface area contributed by atoms with Crippen molar-refractivity contribution in [2.75, 3.05) is 13.1 Å². The summed E-state index contributed by atoms with van der Waals surface area (Å²) >= 11 is 0. The van der Waals surface area contributed by atoms with Crippen LogP contribution >= 0.6 is 0 Å². The van der Waals surface area contributed by atoms with Gasteiger partial charge < -0.3 is 5.73 Å². The van der Waals surface area contributed by atoms with Crippen molar-refractivity contribution in [3.63, 3.8) is 0 Å². The lowest BCUT2D eigenvalue weighted by Crippen LogP contribution is -2.32. The minimum Gasteiger partial charge on any atom is -0.330 e. The lowest BCUT2D eigenvalue weighted by Gasteiger charge is -2.27. The second kappa shape index (κ2) is 7.43. The molecule has 3 N–H and O–H groups in total. The van der Waals surface area contributed by atoms with Crippen LogP contribution < -0.4 is 15.9 Å². The molecule has 0 unspecified atom stereocenters. The molecule has 1 aliphatic rings. The first-order valence-corrected chi connectivity index (χ1v) is 9.12. The maximum atomic E-state index is 12.3. The predicted octanol–water partition coefficient (Wildman–Crippen LogP) is 1.11. The van der Waals surface area contributed by atoms with Gasteiger partial charge in [-0.2, -0.15) is 0 Å². The van der Waals surface area contributed by atoms with Crippen molar-refractivity contribution in [1.82, 2.24) is 4.72 Å². The third kappa shape index (κ3) is 4.56. The number of benzene rings is 1. The molecule has 1 radical (unpaired) electrons. The Morgan fingerprint density at radius 1 is 1.14 bits per heavy atom. The molecular weight excluding hydrogens is 283 g/mol. The van der Waals surface area contributed by atoms with Gasteiger partial charge in [-0.3, -0.25) is 0 Å². The number of hydrogen-bond acceptors (Lipinski definition) is 3. The van der Waals surface area contributed by atoms with Gasteiger partial charge in [-0.15, -0.1) is 0 Å². The Hall–Kier alpha value is -0.845. The van der Waals surface area contributed by atoms with E-state index in [4.69, 9.17) is 5.73 Å². The highest BCUT2D eigenvalue weighted by Crippen LogP contribution is 2.27. The lowest BCUT2D eigenvalue weighted by molar-refractivity contribution is 0.280. The van der Waals surface area contributed by atoms with Crippen molar-refractivity contribution < 1.29 is 8.42 Å². The zero-order valence-corrected chi connectivity index (χ0v) is 13.4. The molecule has 0 aromatic heterocycles. The fourth-order valence-electron chi connectivity index (χ4n) is 2.82. The highest BCUT2D eigenvalue weighted by atomic mass is 32.2. The lowest BCUT2D eigenvalue weighted by atomic mass is 9.74. The molecule has 1 aromatic rings. The molecule has 0 aliphatic heterocycles. The summed E-state index contributed by atoms with van der Waals surface area (Å²) < 4.78 is 27.3. The number of nitrogens with two attached hydrogens (primary N) is 1. The summed E-state index contributed by atoms with van der Waals surface area (Å²) in [6.45, 7) is 3.21. The topological polar surface area (TPSA) is 72.2 Å². The molecule has 115 valence electrons. The van der Waals surface area contributed by atoms with Crippen molar-refractivity contribution in [3.8, 4) is 0 Å². The van der Waals surface area contributed by atoms with E-state index in [1.54, 1.807) is 12.1 Å². The van der Waals surface area contributed by atoms with Crippen LogP contribution in [0.3, 0.4) is 0 Å². The largest absolute Gasteiger partial charge is 0.330 e. The highest BCUT2D eigenvalue weighted by Gasteiger charge is 2.22. The monoisotopic (exact) mass is 307 g/mol. The van der Waals surface area contributed by atoms with Crippen LogP contribution in [0.5, 0.6) is 0 Å². The third-order valence-corrected chi connectivity index (χ3v) is 5.82. The fourth-order valence-corrected chi connectivity index (χ4v) is 3.94. The van der Waals surface area contributed by atoms with E-state index in [1.807, 2.05) is 26.2 Å². The summed E-state index contributed by atoms with van der Waals surface area (Å²) in [5.74, 6) is 1.06. The van der Waals surface area contributed by atoms with Crippen LogP contribution in [0.4, 0.5) is 0 Å². The Balaban J connectivity index is 1.89. The van der Waals surface area contributed by atoms with E-state index in [-0.39, 0.29) is 0 Å². The van der Waals surface area contributed by atoms with Crippen LogP contribution in [-0.2, 0) is 10.0 Å². The van der Waals surface area contributed by atoms with Crippen LogP contribution in [-0.4, -0.2) is 28.8 Å². The summed E-state index contributed by atoms with van der Waals surface area (Å²) in [4.78, 5) is 0.337. The molecule has 0 amide bonds.